The van der Waals surface area contributed by atoms with Gasteiger partial charge in [0, 0.05) is 30.4 Å². The third-order valence-electron chi connectivity index (χ3n) is 2.83. The average Bonchev–Trinajstić information content (AvgIpc) is 2.39. The minimum absolute atomic E-state index is 0.410. The zero-order valence-corrected chi connectivity index (χ0v) is 9.65. The summed E-state index contributed by atoms with van der Waals surface area (Å²) in [5.74, 6) is -1.15. The zero-order valence-electron chi connectivity index (χ0n) is 9.65. The van der Waals surface area contributed by atoms with Gasteiger partial charge in [0.25, 0.3) is 0 Å². The highest BCUT2D eigenvalue weighted by Gasteiger charge is 2.38. The van der Waals surface area contributed by atoms with Gasteiger partial charge in [0.15, 0.2) is 5.54 Å². The van der Waals surface area contributed by atoms with Crippen molar-refractivity contribution in [3.63, 3.8) is 0 Å². The monoisotopic (exact) mass is 245 g/mol. The van der Waals surface area contributed by atoms with E-state index in [4.69, 9.17) is 0 Å². The van der Waals surface area contributed by atoms with Crippen LogP contribution in [0.15, 0.2) is 47.8 Å². The summed E-state index contributed by atoms with van der Waals surface area (Å²) >= 11 is 0. The Morgan fingerprint density at radius 3 is 2.72 bits per heavy atom. The Hall–Kier alpha value is -2.50. The van der Waals surface area contributed by atoms with Crippen LogP contribution in [0.25, 0.3) is 0 Å². The molecule has 18 heavy (non-hydrogen) atoms. The van der Waals surface area contributed by atoms with E-state index >= 15 is 0 Å². The van der Waals surface area contributed by atoms with E-state index in [0.29, 0.717) is 5.56 Å². The van der Waals surface area contributed by atoms with Gasteiger partial charge in [-0.3, -0.25) is 9.55 Å². The third-order valence-corrected chi connectivity index (χ3v) is 2.83. The number of nitrogens with zero attached hydrogens (tertiary/aromatic N) is 3. The fourth-order valence-electron chi connectivity index (χ4n) is 1.71. The second-order valence-electron chi connectivity index (χ2n) is 3.89. The molecule has 1 unspecified atom stereocenters. The van der Waals surface area contributed by atoms with Crippen molar-refractivity contribution in [1.82, 2.24) is 14.5 Å². The molecule has 1 N–H and O–H groups in total. The van der Waals surface area contributed by atoms with Crippen LogP contribution >= 0.6 is 0 Å². The molecule has 2 rings (SSSR count). The van der Waals surface area contributed by atoms with E-state index in [9.17, 15) is 14.7 Å². The Labute approximate surface area is 103 Å². The highest BCUT2D eigenvalue weighted by Crippen LogP contribution is 2.23. The van der Waals surface area contributed by atoms with Gasteiger partial charge in [0.05, 0.1) is 0 Å². The molecule has 2 aromatic heterocycles. The number of hydrogen-bond donors (Lipinski definition) is 1. The molecule has 0 aromatic carbocycles. The number of aliphatic carboxylic acids is 1. The van der Waals surface area contributed by atoms with Crippen LogP contribution < -0.4 is 5.69 Å². The van der Waals surface area contributed by atoms with Crippen molar-refractivity contribution >= 4 is 5.97 Å². The van der Waals surface area contributed by atoms with Crippen molar-refractivity contribution in [3.8, 4) is 0 Å². The van der Waals surface area contributed by atoms with E-state index in [1.807, 2.05) is 0 Å². The van der Waals surface area contributed by atoms with Gasteiger partial charge >= 0.3 is 11.7 Å². The largest absolute Gasteiger partial charge is 0.479 e. The number of pyridine rings is 1. The molecule has 2 aromatic rings. The summed E-state index contributed by atoms with van der Waals surface area (Å²) in [5, 5.41) is 9.45. The molecule has 0 fully saturated rings. The number of rotatable bonds is 3. The molecule has 0 radical (unpaired) electrons. The van der Waals surface area contributed by atoms with Crippen molar-refractivity contribution in [2.45, 2.75) is 12.5 Å². The third kappa shape index (κ3) is 1.77. The smallest absolute Gasteiger partial charge is 0.348 e. The summed E-state index contributed by atoms with van der Waals surface area (Å²) in [5.41, 5.74) is -1.74. The first-order valence-corrected chi connectivity index (χ1v) is 5.25. The molecular formula is C12H11N3O3. The highest BCUT2D eigenvalue weighted by molar-refractivity contribution is 5.80. The van der Waals surface area contributed by atoms with Gasteiger partial charge in [0.2, 0.25) is 0 Å². The van der Waals surface area contributed by atoms with Gasteiger partial charge in [-0.15, -0.1) is 0 Å². The van der Waals surface area contributed by atoms with Crippen LogP contribution in [-0.4, -0.2) is 25.6 Å². The molecule has 92 valence electrons. The topological polar surface area (TPSA) is 85.1 Å². The fourth-order valence-corrected chi connectivity index (χ4v) is 1.71. The lowest BCUT2D eigenvalue weighted by Crippen LogP contribution is -2.46. The van der Waals surface area contributed by atoms with Crippen LogP contribution in [0.4, 0.5) is 0 Å². The number of carboxylic acids is 1. The maximum atomic E-state index is 11.7. The molecule has 0 spiro atoms. The van der Waals surface area contributed by atoms with Gasteiger partial charge in [-0.25, -0.2) is 14.6 Å². The lowest BCUT2D eigenvalue weighted by Gasteiger charge is -2.26. The van der Waals surface area contributed by atoms with E-state index < -0.39 is 17.2 Å². The molecule has 0 aliphatic rings. The maximum absolute atomic E-state index is 11.7. The fraction of sp³-hybridized carbons (Fsp3) is 0.167. The second-order valence-corrected chi connectivity index (χ2v) is 3.89. The van der Waals surface area contributed by atoms with Crippen LogP contribution in [-0.2, 0) is 10.3 Å². The van der Waals surface area contributed by atoms with Crippen LogP contribution in [0, 0.1) is 0 Å². The van der Waals surface area contributed by atoms with E-state index in [1.54, 1.807) is 12.1 Å². The number of hydrogen-bond acceptors (Lipinski definition) is 4. The number of aromatic nitrogens is 3. The summed E-state index contributed by atoms with van der Waals surface area (Å²) in [4.78, 5) is 30.7. The first kappa shape index (κ1) is 12.0. The molecule has 1 atom stereocenters. The van der Waals surface area contributed by atoms with Crippen molar-refractivity contribution in [1.29, 1.82) is 0 Å². The Bertz CT molecular complexity index is 624. The minimum atomic E-state index is -1.53. The molecule has 0 aliphatic heterocycles. The summed E-state index contributed by atoms with van der Waals surface area (Å²) < 4.78 is 1.08. The molecular weight excluding hydrogens is 234 g/mol. The van der Waals surface area contributed by atoms with Crippen LogP contribution in [0.1, 0.15) is 12.5 Å². The molecule has 0 aliphatic carbocycles. The molecule has 6 nitrogen and oxygen atoms in total. The molecule has 2 heterocycles. The van der Waals surface area contributed by atoms with Crippen molar-refractivity contribution in [3.05, 3.63) is 59.0 Å². The standard InChI is InChI=1S/C12H11N3O3/c1-12(10(16)17,9-4-2-5-13-8-9)15-7-3-6-14-11(15)18/h2-8H,1H3,(H,16,17). The first-order valence-electron chi connectivity index (χ1n) is 5.25. The van der Waals surface area contributed by atoms with E-state index in [-0.39, 0.29) is 0 Å². The normalized spacial score (nSPS) is 13.8. The lowest BCUT2D eigenvalue weighted by molar-refractivity contribution is -0.144. The van der Waals surface area contributed by atoms with Gasteiger partial charge in [-0.1, -0.05) is 6.07 Å². The van der Waals surface area contributed by atoms with Gasteiger partial charge < -0.3 is 5.11 Å². The molecule has 0 saturated heterocycles. The van der Waals surface area contributed by atoms with Gasteiger partial charge in [-0.05, 0) is 19.1 Å². The van der Waals surface area contributed by atoms with E-state index in [0.717, 1.165) is 4.57 Å². The summed E-state index contributed by atoms with van der Waals surface area (Å²) in [6, 6.07) is 4.75. The van der Waals surface area contributed by atoms with Crippen LogP contribution in [0.2, 0.25) is 0 Å². The Morgan fingerprint density at radius 1 is 1.39 bits per heavy atom. The summed E-state index contributed by atoms with van der Waals surface area (Å²) in [6.07, 6.45) is 5.69. The summed E-state index contributed by atoms with van der Waals surface area (Å²) in [7, 11) is 0. The predicted octanol–water partition coefficient (Wildman–Crippen LogP) is 0.486. The lowest BCUT2D eigenvalue weighted by atomic mass is 9.93. The zero-order chi connectivity index (χ0) is 13.2. The minimum Gasteiger partial charge on any atom is -0.479 e. The van der Waals surface area contributed by atoms with Crippen molar-refractivity contribution in [2.24, 2.45) is 0 Å². The number of carboxylic acid groups (broad SMARTS) is 1. The predicted molar refractivity (Wildman–Crippen MR) is 63.1 cm³/mol. The maximum Gasteiger partial charge on any atom is 0.348 e. The molecule has 0 amide bonds. The van der Waals surface area contributed by atoms with Gasteiger partial charge in [0.1, 0.15) is 0 Å². The summed E-state index contributed by atoms with van der Waals surface area (Å²) in [6.45, 7) is 1.44. The molecule has 0 bridgehead atoms. The van der Waals surface area contributed by atoms with Crippen molar-refractivity contribution < 1.29 is 9.90 Å². The highest BCUT2D eigenvalue weighted by atomic mass is 16.4. The number of carbonyl (C=O) groups is 1. The SMILES string of the molecule is CC(C(=O)O)(c1cccnc1)n1cccnc1=O. The van der Waals surface area contributed by atoms with Gasteiger partial charge in [-0.2, -0.15) is 0 Å². The Kier molecular flexibility index (Phi) is 2.93. The first-order chi connectivity index (χ1) is 8.56. The Morgan fingerprint density at radius 2 is 2.17 bits per heavy atom. The molecule has 6 heteroatoms. The van der Waals surface area contributed by atoms with Crippen molar-refractivity contribution in [2.75, 3.05) is 0 Å². The molecule has 0 saturated carbocycles. The van der Waals surface area contributed by atoms with Crippen LogP contribution in [0.3, 0.4) is 0 Å². The van der Waals surface area contributed by atoms with E-state index in [1.165, 1.54) is 37.8 Å². The quantitative estimate of drug-likeness (QED) is 0.850. The average molecular weight is 245 g/mol. The van der Waals surface area contributed by atoms with Crippen LogP contribution in [0.5, 0.6) is 0 Å². The second kappa shape index (κ2) is 4.40. The van der Waals surface area contributed by atoms with E-state index in [2.05, 4.69) is 9.97 Å². The Balaban J connectivity index is 2.71.